The van der Waals surface area contributed by atoms with Crippen LogP contribution in [0.3, 0.4) is 0 Å². The number of rotatable bonds is 5. The molecule has 1 N–H and O–H groups in total. The lowest BCUT2D eigenvalue weighted by atomic mass is 10.2. The summed E-state index contributed by atoms with van der Waals surface area (Å²) in [4.78, 5) is 35.0. The molecule has 0 spiro atoms. The zero-order valence-corrected chi connectivity index (χ0v) is 11.4. The van der Waals surface area contributed by atoms with Gasteiger partial charge in [0.2, 0.25) is 12.2 Å². The van der Waals surface area contributed by atoms with E-state index in [1.165, 1.54) is 12.1 Å². The van der Waals surface area contributed by atoms with Crippen LogP contribution in [-0.4, -0.2) is 30.5 Å². The molecule has 1 aromatic carbocycles. The monoisotopic (exact) mass is 326 g/mol. The van der Waals surface area contributed by atoms with E-state index in [1.807, 2.05) is 0 Å². The maximum atomic E-state index is 11.8. The van der Waals surface area contributed by atoms with Gasteiger partial charge in [-0.2, -0.15) is 4.68 Å². The fourth-order valence-electron chi connectivity index (χ4n) is 1.54. The highest BCUT2D eigenvalue weighted by atomic mass is 35.5. The van der Waals surface area contributed by atoms with Gasteiger partial charge in [0, 0.05) is 16.2 Å². The molecular formula is C10H7ClN6O5. The molecule has 0 bridgehead atoms. The van der Waals surface area contributed by atoms with E-state index in [1.54, 1.807) is 0 Å². The second-order valence-corrected chi connectivity index (χ2v) is 4.40. The summed E-state index contributed by atoms with van der Waals surface area (Å²) < 4.78 is 0.940. The summed E-state index contributed by atoms with van der Waals surface area (Å²) >= 11 is 5.66. The quantitative estimate of drug-likeness (QED) is 0.644. The normalized spacial score (nSPS) is 10.2. The molecule has 12 heteroatoms. The fraction of sp³-hybridized carbons (Fsp3) is 0.100. The summed E-state index contributed by atoms with van der Waals surface area (Å²) in [5.41, 5.74) is -0.417. The summed E-state index contributed by atoms with van der Waals surface area (Å²) in [5.74, 6) is -1.31. The van der Waals surface area contributed by atoms with Crippen LogP contribution in [0.5, 0.6) is 0 Å². The maximum absolute atomic E-state index is 11.8. The smallest absolute Gasteiger partial charge is 0.390 e. The van der Waals surface area contributed by atoms with Crippen LogP contribution in [0.25, 0.3) is 0 Å². The van der Waals surface area contributed by atoms with Gasteiger partial charge in [0.05, 0.1) is 4.92 Å². The first kappa shape index (κ1) is 15.3. The van der Waals surface area contributed by atoms with Crippen LogP contribution in [0.2, 0.25) is 5.02 Å². The van der Waals surface area contributed by atoms with Crippen LogP contribution in [0.4, 0.5) is 17.3 Å². The highest BCUT2D eigenvalue weighted by Gasteiger charge is 2.19. The third kappa shape index (κ3) is 3.52. The Morgan fingerprint density at radius 3 is 2.64 bits per heavy atom. The minimum Gasteiger partial charge on any atom is -0.390 e. The molecule has 2 aromatic rings. The maximum Gasteiger partial charge on any atom is 0.490 e. The number of nitro benzene ring substituents is 1. The van der Waals surface area contributed by atoms with Crippen molar-refractivity contribution in [2.75, 3.05) is 5.32 Å². The molecule has 0 aliphatic carbocycles. The number of hydrogen-bond acceptors (Lipinski definition) is 7. The van der Waals surface area contributed by atoms with Gasteiger partial charge in [-0.15, -0.1) is 0 Å². The van der Waals surface area contributed by atoms with Crippen molar-refractivity contribution in [2.24, 2.45) is 0 Å². The second kappa shape index (κ2) is 6.13. The van der Waals surface area contributed by atoms with Crippen molar-refractivity contribution in [3.05, 3.63) is 49.8 Å². The number of benzene rings is 1. The Bertz CT molecular complexity index is 760. The molecule has 0 atom stereocenters. The fourth-order valence-corrected chi connectivity index (χ4v) is 1.71. The minimum atomic E-state index is -0.807. The number of amides is 1. The standard InChI is InChI=1S/C10H7ClN6O5/c11-6-1-2-7(8(3-6)16(19)20)13-9(18)4-15-5-12-10(14-15)17(21)22/h1-3,5H,4H2,(H,13,18). The summed E-state index contributed by atoms with van der Waals surface area (Å²) in [6, 6.07) is 3.75. The number of halogens is 1. The Morgan fingerprint density at radius 2 is 2.05 bits per heavy atom. The van der Waals surface area contributed by atoms with Crippen molar-refractivity contribution in [1.82, 2.24) is 14.8 Å². The van der Waals surface area contributed by atoms with Crippen molar-refractivity contribution in [3.63, 3.8) is 0 Å². The largest absolute Gasteiger partial charge is 0.490 e. The Hall–Kier alpha value is -3.08. The van der Waals surface area contributed by atoms with Crippen molar-refractivity contribution in [2.45, 2.75) is 6.54 Å². The molecule has 0 saturated heterocycles. The van der Waals surface area contributed by atoms with Gasteiger partial charge in [-0.3, -0.25) is 14.9 Å². The molecule has 0 radical (unpaired) electrons. The van der Waals surface area contributed by atoms with Crippen LogP contribution in [-0.2, 0) is 11.3 Å². The predicted molar refractivity (Wildman–Crippen MR) is 73.4 cm³/mol. The minimum absolute atomic E-state index is 0.0472. The highest BCUT2D eigenvalue weighted by Crippen LogP contribution is 2.27. The van der Waals surface area contributed by atoms with E-state index in [4.69, 9.17) is 11.6 Å². The van der Waals surface area contributed by atoms with Gasteiger partial charge in [-0.1, -0.05) is 16.6 Å². The van der Waals surface area contributed by atoms with Gasteiger partial charge in [0.15, 0.2) is 0 Å². The summed E-state index contributed by atoms with van der Waals surface area (Å²) in [5, 5.41) is 27.2. The first-order valence-electron chi connectivity index (χ1n) is 5.64. The van der Waals surface area contributed by atoms with E-state index in [-0.39, 0.29) is 22.9 Å². The van der Waals surface area contributed by atoms with Gasteiger partial charge in [0.1, 0.15) is 12.2 Å². The molecular weight excluding hydrogens is 320 g/mol. The van der Waals surface area contributed by atoms with E-state index in [0.29, 0.717) is 0 Å². The lowest BCUT2D eigenvalue weighted by Crippen LogP contribution is -2.19. The second-order valence-electron chi connectivity index (χ2n) is 3.97. The molecule has 2 rings (SSSR count). The molecule has 0 fully saturated rings. The van der Waals surface area contributed by atoms with Gasteiger partial charge < -0.3 is 15.4 Å². The van der Waals surface area contributed by atoms with Gasteiger partial charge in [-0.25, -0.2) is 0 Å². The van der Waals surface area contributed by atoms with Crippen molar-refractivity contribution >= 4 is 34.8 Å². The van der Waals surface area contributed by atoms with Crippen molar-refractivity contribution in [3.8, 4) is 0 Å². The number of nitrogens with zero attached hydrogens (tertiary/aromatic N) is 5. The number of nitro groups is 2. The Kier molecular flexibility index (Phi) is 4.27. The third-order valence-corrected chi connectivity index (χ3v) is 2.66. The molecule has 114 valence electrons. The predicted octanol–water partition coefficient (Wildman–Crippen LogP) is 1.39. The summed E-state index contributed by atoms with van der Waals surface area (Å²) in [6.07, 6.45) is 1.01. The molecule has 0 unspecified atom stereocenters. The summed E-state index contributed by atoms with van der Waals surface area (Å²) in [6.45, 7) is -0.388. The lowest BCUT2D eigenvalue weighted by Gasteiger charge is -2.05. The number of hydrogen-bond donors (Lipinski definition) is 1. The topological polar surface area (TPSA) is 146 Å². The van der Waals surface area contributed by atoms with E-state index >= 15 is 0 Å². The van der Waals surface area contributed by atoms with E-state index in [2.05, 4.69) is 15.4 Å². The molecule has 0 saturated carbocycles. The van der Waals surface area contributed by atoms with Crippen LogP contribution in [0.1, 0.15) is 0 Å². The third-order valence-electron chi connectivity index (χ3n) is 2.42. The number of nitrogens with one attached hydrogen (secondary N) is 1. The molecule has 0 aliphatic rings. The number of carbonyl (C=O) groups excluding carboxylic acids is 1. The van der Waals surface area contributed by atoms with Crippen molar-refractivity contribution < 1.29 is 14.6 Å². The Balaban J connectivity index is 2.12. The molecule has 1 aromatic heterocycles. The number of anilines is 1. The highest BCUT2D eigenvalue weighted by molar-refractivity contribution is 6.31. The van der Waals surface area contributed by atoms with Crippen LogP contribution >= 0.6 is 11.6 Å². The average molecular weight is 327 g/mol. The lowest BCUT2D eigenvalue weighted by molar-refractivity contribution is -0.394. The Labute approximate surface area is 126 Å². The summed E-state index contributed by atoms with van der Waals surface area (Å²) in [7, 11) is 0. The molecule has 11 nitrogen and oxygen atoms in total. The molecule has 1 heterocycles. The van der Waals surface area contributed by atoms with Crippen LogP contribution in [0, 0.1) is 20.2 Å². The first-order valence-corrected chi connectivity index (χ1v) is 6.02. The number of aromatic nitrogens is 3. The van der Waals surface area contributed by atoms with Gasteiger partial charge in [-0.05, 0) is 17.1 Å². The average Bonchev–Trinajstić information content (AvgIpc) is 2.89. The molecule has 1 amide bonds. The van der Waals surface area contributed by atoms with E-state index in [9.17, 15) is 25.0 Å². The zero-order valence-electron chi connectivity index (χ0n) is 10.7. The number of carbonyl (C=O) groups is 1. The molecule has 0 aliphatic heterocycles. The van der Waals surface area contributed by atoms with Crippen LogP contribution in [0.15, 0.2) is 24.5 Å². The van der Waals surface area contributed by atoms with Crippen LogP contribution < -0.4 is 5.32 Å². The van der Waals surface area contributed by atoms with Crippen molar-refractivity contribution in [1.29, 1.82) is 0 Å². The Morgan fingerprint density at radius 1 is 1.32 bits per heavy atom. The SMILES string of the molecule is O=C(Cn1cnc([N+](=O)[O-])n1)Nc1ccc(Cl)cc1[N+](=O)[O-]. The zero-order chi connectivity index (χ0) is 16.3. The van der Waals surface area contributed by atoms with Gasteiger partial charge >= 0.3 is 5.95 Å². The molecule has 22 heavy (non-hydrogen) atoms. The first-order chi connectivity index (χ1) is 10.4. The van der Waals surface area contributed by atoms with E-state index in [0.717, 1.165) is 17.1 Å². The van der Waals surface area contributed by atoms with Gasteiger partial charge in [0.25, 0.3) is 5.69 Å². The van der Waals surface area contributed by atoms with E-state index < -0.39 is 21.7 Å².